The average Bonchev–Trinajstić information content (AvgIpc) is 2.98. The Morgan fingerprint density at radius 2 is 1.62 bits per heavy atom. The van der Waals surface area contributed by atoms with Crippen LogP contribution >= 0.6 is 22.7 Å². The Balaban J connectivity index is 2.05. The molecule has 21 heavy (non-hydrogen) atoms. The number of thiazole rings is 2. The minimum atomic E-state index is 0.681. The first-order valence-electron chi connectivity index (χ1n) is 6.60. The Morgan fingerprint density at radius 3 is 2.00 bits per heavy atom. The molecular formula is C13H20N6S2. The second-order valence-corrected chi connectivity index (χ2v) is 6.59. The fourth-order valence-corrected chi connectivity index (χ4v) is 2.87. The first-order chi connectivity index (χ1) is 10.0. The monoisotopic (exact) mass is 324 g/mol. The van der Waals surface area contributed by atoms with Crippen molar-refractivity contribution in [3.05, 3.63) is 22.1 Å². The van der Waals surface area contributed by atoms with Crippen LogP contribution in [0.15, 0.2) is 15.8 Å². The molecule has 0 aliphatic rings. The number of aromatic nitrogens is 2. The molecule has 0 bridgehead atoms. The molecule has 0 unspecified atom stereocenters. The normalized spacial score (nSPS) is 10.7. The zero-order valence-electron chi connectivity index (χ0n) is 12.7. The standard InChI is InChI=1S/C13H20N6S2/c1-9-7-20-12(15-9)17-11(14-5-6-19(3)4)18-13-16-10(2)8-21-13/h7-8H,5-6H2,1-4H3,(H2,14,15,16,17,18). The number of hydrogen-bond donors (Lipinski definition) is 2. The molecule has 2 aromatic rings. The molecule has 114 valence electrons. The molecule has 8 heteroatoms. The van der Waals surface area contributed by atoms with Crippen molar-refractivity contribution in [3.63, 3.8) is 0 Å². The van der Waals surface area contributed by atoms with Crippen molar-refractivity contribution in [2.75, 3.05) is 37.8 Å². The fourth-order valence-electron chi connectivity index (χ4n) is 1.50. The van der Waals surface area contributed by atoms with E-state index in [9.17, 15) is 0 Å². The van der Waals surface area contributed by atoms with Gasteiger partial charge in [0.25, 0.3) is 0 Å². The van der Waals surface area contributed by atoms with Gasteiger partial charge in [-0.25, -0.2) is 9.97 Å². The van der Waals surface area contributed by atoms with E-state index < -0.39 is 0 Å². The highest BCUT2D eigenvalue weighted by atomic mass is 32.1. The van der Waals surface area contributed by atoms with Crippen molar-refractivity contribution in [2.45, 2.75) is 13.8 Å². The molecule has 0 radical (unpaired) electrons. The summed E-state index contributed by atoms with van der Waals surface area (Å²) in [6.07, 6.45) is 0. The van der Waals surface area contributed by atoms with Crippen LogP contribution in [0.1, 0.15) is 11.4 Å². The summed E-state index contributed by atoms with van der Waals surface area (Å²) in [7, 11) is 4.06. The first-order valence-corrected chi connectivity index (χ1v) is 8.36. The maximum atomic E-state index is 4.56. The van der Waals surface area contributed by atoms with Crippen LogP contribution < -0.4 is 10.6 Å². The summed E-state index contributed by atoms with van der Waals surface area (Å²) < 4.78 is 0. The van der Waals surface area contributed by atoms with E-state index in [1.807, 2.05) is 38.7 Å². The molecule has 0 fully saturated rings. The van der Waals surface area contributed by atoms with E-state index in [1.165, 1.54) is 0 Å². The molecule has 2 heterocycles. The zero-order valence-corrected chi connectivity index (χ0v) is 14.3. The van der Waals surface area contributed by atoms with Crippen LogP contribution in [0.4, 0.5) is 10.3 Å². The van der Waals surface area contributed by atoms with Crippen LogP contribution in [0.25, 0.3) is 0 Å². The maximum Gasteiger partial charge on any atom is 0.204 e. The number of hydrogen-bond acceptors (Lipinski definition) is 6. The minimum absolute atomic E-state index is 0.681. The van der Waals surface area contributed by atoms with Crippen LogP contribution in [0.5, 0.6) is 0 Å². The van der Waals surface area contributed by atoms with E-state index in [2.05, 4.69) is 30.5 Å². The summed E-state index contributed by atoms with van der Waals surface area (Å²) in [6, 6.07) is 0. The van der Waals surface area contributed by atoms with Gasteiger partial charge in [-0.1, -0.05) is 0 Å². The van der Waals surface area contributed by atoms with Crippen molar-refractivity contribution < 1.29 is 0 Å². The number of likely N-dealkylation sites (N-methyl/N-ethyl adjacent to an activating group) is 1. The van der Waals surface area contributed by atoms with Crippen molar-refractivity contribution in [3.8, 4) is 0 Å². The molecule has 2 rings (SSSR count). The van der Waals surface area contributed by atoms with Crippen molar-refractivity contribution in [1.29, 1.82) is 0 Å². The Labute approximate surface area is 133 Å². The number of nitrogens with one attached hydrogen (secondary N) is 2. The van der Waals surface area contributed by atoms with Gasteiger partial charge in [0.05, 0.1) is 17.9 Å². The number of aryl methyl sites for hydroxylation is 2. The Morgan fingerprint density at radius 1 is 1.10 bits per heavy atom. The highest BCUT2D eigenvalue weighted by molar-refractivity contribution is 7.14. The fraction of sp³-hybridized carbons (Fsp3) is 0.462. The average molecular weight is 324 g/mol. The molecule has 0 amide bonds. The van der Waals surface area contributed by atoms with Crippen molar-refractivity contribution >= 4 is 38.9 Å². The molecular weight excluding hydrogens is 304 g/mol. The molecule has 0 atom stereocenters. The summed E-state index contributed by atoms with van der Waals surface area (Å²) in [5.41, 5.74) is 2.00. The van der Waals surface area contributed by atoms with E-state index in [0.29, 0.717) is 12.5 Å². The second-order valence-electron chi connectivity index (χ2n) is 4.87. The summed E-state index contributed by atoms with van der Waals surface area (Å²) >= 11 is 3.13. The Hall–Kier alpha value is -1.51. The minimum Gasteiger partial charge on any atom is -0.308 e. The van der Waals surface area contributed by atoms with Gasteiger partial charge in [0.2, 0.25) is 5.96 Å². The molecule has 0 aliphatic heterocycles. The highest BCUT2D eigenvalue weighted by Gasteiger charge is 2.06. The van der Waals surface area contributed by atoms with Gasteiger partial charge in [-0.15, -0.1) is 22.7 Å². The highest BCUT2D eigenvalue weighted by Crippen LogP contribution is 2.17. The van der Waals surface area contributed by atoms with Gasteiger partial charge in [0.15, 0.2) is 10.3 Å². The third kappa shape index (κ3) is 5.41. The van der Waals surface area contributed by atoms with Gasteiger partial charge in [0.1, 0.15) is 0 Å². The van der Waals surface area contributed by atoms with Gasteiger partial charge in [0, 0.05) is 17.3 Å². The summed E-state index contributed by atoms with van der Waals surface area (Å²) in [4.78, 5) is 15.5. The van der Waals surface area contributed by atoms with Crippen LogP contribution in [0, 0.1) is 13.8 Å². The van der Waals surface area contributed by atoms with Gasteiger partial charge in [-0.05, 0) is 27.9 Å². The van der Waals surface area contributed by atoms with Crippen LogP contribution in [0.3, 0.4) is 0 Å². The molecule has 0 spiro atoms. The third-order valence-electron chi connectivity index (χ3n) is 2.51. The molecule has 0 saturated heterocycles. The lowest BCUT2D eigenvalue weighted by molar-refractivity contribution is 0.420. The quantitative estimate of drug-likeness (QED) is 0.654. The topological polar surface area (TPSA) is 65.4 Å². The van der Waals surface area contributed by atoms with E-state index in [4.69, 9.17) is 0 Å². The predicted molar refractivity (Wildman–Crippen MR) is 91.8 cm³/mol. The molecule has 6 nitrogen and oxygen atoms in total. The van der Waals surface area contributed by atoms with E-state index in [0.717, 1.165) is 28.2 Å². The molecule has 2 N–H and O–H groups in total. The van der Waals surface area contributed by atoms with Gasteiger partial charge in [-0.3, -0.25) is 4.99 Å². The smallest absolute Gasteiger partial charge is 0.204 e. The largest absolute Gasteiger partial charge is 0.308 e. The third-order valence-corrected chi connectivity index (χ3v) is 4.26. The SMILES string of the molecule is Cc1csc(NC(=NCCN(C)C)Nc2nc(C)cs2)n1. The lowest BCUT2D eigenvalue weighted by Crippen LogP contribution is -2.24. The second kappa shape index (κ2) is 7.48. The van der Waals surface area contributed by atoms with Gasteiger partial charge < -0.3 is 15.5 Å². The zero-order chi connectivity index (χ0) is 15.2. The molecule has 2 aromatic heterocycles. The Bertz CT molecular complexity index is 557. The van der Waals surface area contributed by atoms with Gasteiger partial charge in [-0.2, -0.15) is 0 Å². The lowest BCUT2D eigenvalue weighted by atomic mass is 10.6. The number of aliphatic imine (C=N–C) groups is 1. The number of guanidine groups is 1. The maximum absolute atomic E-state index is 4.56. The first kappa shape index (κ1) is 15.9. The summed E-state index contributed by atoms with van der Waals surface area (Å²) in [5.74, 6) is 0.681. The number of anilines is 2. The molecule has 0 aliphatic carbocycles. The van der Waals surface area contributed by atoms with Crippen molar-refractivity contribution in [1.82, 2.24) is 14.9 Å². The Kier molecular flexibility index (Phi) is 5.66. The molecule has 0 aromatic carbocycles. The van der Waals surface area contributed by atoms with E-state index in [1.54, 1.807) is 22.7 Å². The van der Waals surface area contributed by atoms with E-state index in [-0.39, 0.29) is 0 Å². The number of rotatable bonds is 5. The van der Waals surface area contributed by atoms with E-state index >= 15 is 0 Å². The van der Waals surface area contributed by atoms with Crippen molar-refractivity contribution in [2.24, 2.45) is 4.99 Å². The number of nitrogens with zero attached hydrogens (tertiary/aromatic N) is 4. The van der Waals surface area contributed by atoms with Crippen LogP contribution in [-0.2, 0) is 0 Å². The van der Waals surface area contributed by atoms with Crippen LogP contribution in [0.2, 0.25) is 0 Å². The molecule has 0 saturated carbocycles. The van der Waals surface area contributed by atoms with Gasteiger partial charge >= 0.3 is 0 Å². The lowest BCUT2D eigenvalue weighted by Gasteiger charge is -2.10. The predicted octanol–water partition coefficient (Wildman–Crippen LogP) is 2.66. The summed E-state index contributed by atoms with van der Waals surface area (Å²) in [6.45, 7) is 5.54. The summed E-state index contributed by atoms with van der Waals surface area (Å²) in [5, 5.41) is 12.1. The van der Waals surface area contributed by atoms with Crippen LogP contribution in [-0.4, -0.2) is 48.0 Å².